The quantitative estimate of drug-likeness (QED) is 0.0726. The van der Waals surface area contributed by atoms with E-state index in [2.05, 4.69) is 124 Å². The standard InChI is InChI=1S/C39H45O5P.C20H24O/c1-28(29-16-12-9-10-13-17-29)26-41-31-20-22-36(33(24-31)38(2,3)4)43-45(8)44-37-23-21-32(25-34(37)39(5,6)7)42-27-35(40)30-18-14-11-15-19-30;1-15-10-11-16(14-18(15)20(2,3)4)12-13-19(21)17-8-6-5-7-9-17/h9,11-25H,1,10,26-27H2,2-8H3;5-11,14H,12-13H2,1-4H3. The van der Waals surface area contributed by atoms with Crippen LogP contribution in [0, 0.1) is 6.92 Å². The zero-order valence-corrected chi connectivity index (χ0v) is 41.9. The third-order valence-corrected chi connectivity index (χ3v) is 12.0. The van der Waals surface area contributed by atoms with Crippen LogP contribution in [0.25, 0.3) is 0 Å². The maximum Gasteiger partial charge on any atom is 0.286 e. The van der Waals surface area contributed by atoms with E-state index in [-0.39, 0.29) is 34.4 Å². The molecule has 1 aliphatic rings. The summed E-state index contributed by atoms with van der Waals surface area (Å²) in [7, 11) is -1.33. The van der Waals surface area contributed by atoms with Gasteiger partial charge in [0.25, 0.3) is 8.38 Å². The minimum absolute atomic E-state index is 0.0347. The minimum atomic E-state index is -1.33. The second kappa shape index (κ2) is 23.0. The first-order chi connectivity index (χ1) is 31.2. The van der Waals surface area contributed by atoms with E-state index in [4.69, 9.17) is 18.5 Å². The fraction of sp³-hybridized carbons (Fsp3) is 0.322. The van der Waals surface area contributed by atoms with Crippen molar-refractivity contribution < 1.29 is 28.1 Å². The summed E-state index contributed by atoms with van der Waals surface area (Å²) in [5.74, 6) is 3.02. The number of rotatable bonds is 16. The lowest BCUT2D eigenvalue weighted by Crippen LogP contribution is -2.15. The van der Waals surface area contributed by atoms with E-state index in [0.717, 1.165) is 57.9 Å². The Balaban J connectivity index is 0.000000324. The number of benzene rings is 5. The molecular weight excluding hydrogens is 836 g/mol. The van der Waals surface area contributed by atoms with Crippen LogP contribution in [0.5, 0.6) is 23.0 Å². The van der Waals surface area contributed by atoms with Crippen molar-refractivity contribution in [1.29, 1.82) is 0 Å². The topological polar surface area (TPSA) is 71.1 Å². The van der Waals surface area contributed by atoms with Crippen molar-refractivity contribution in [3.8, 4) is 23.0 Å². The summed E-state index contributed by atoms with van der Waals surface area (Å²) < 4.78 is 25.0. The lowest BCUT2D eigenvalue weighted by Gasteiger charge is -2.27. The fourth-order valence-electron chi connectivity index (χ4n) is 7.41. The van der Waals surface area contributed by atoms with Crippen LogP contribution in [-0.2, 0) is 22.7 Å². The molecule has 6 rings (SSSR count). The molecule has 0 N–H and O–H groups in total. The lowest BCUT2D eigenvalue weighted by molar-refractivity contribution is 0.0920. The van der Waals surface area contributed by atoms with Gasteiger partial charge < -0.3 is 18.5 Å². The maximum absolute atomic E-state index is 12.6. The number of hydrogen-bond acceptors (Lipinski definition) is 6. The molecule has 346 valence electrons. The number of carbonyl (C=O) groups is 2. The highest BCUT2D eigenvalue weighted by molar-refractivity contribution is 7.47. The van der Waals surface area contributed by atoms with Gasteiger partial charge in [0.05, 0.1) is 0 Å². The molecule has 0 heterocycles. The Kier molecular flexibility index (Phi) is 17.8. The summed E-state index contributed by atoms with van der Waals surface area (Å²) >= 11 is 0. The van der Waals surface area contributed by atoms with Gasteiger partial charge in [0.15, 0.2) is 18.2 Å². The van der Waals surface area contributed by atoms with E-state index >= 15 is 0 Å². The molecule has 0 fully saturated rings. The van der Waals surface area contributed by atoms with Crippen molar-refractivity contribution in [3.05, 3.63) is 202 Å². The largest absolute Gasteiger partial charge is 0.489 e. The molecule has 66 heavy (non-hydrogen) atoms. The number of ketones is 2. The summed E-state index contributed by atoms with van der Waals surface area (Å²) in [4.78, 5) is 24.7. The Morgan fingerprint density at radius 2 is 1.12 bits per heavy atom. The van der Waals surface area contributed by atoms with Crippen molar-refractivity contribution in [2.24, 2.45) is 0 Å². The molecule has 5 aromatic rings. The van der Waals surface area contributed by atoms with Gasteiger partial charge in [-0.15, -0.1) is 0 Å². The number of ether oxygens (including phenoxy) is 2. The molecule has 1 aliphatic carbocycles. The first kappa shape index (κ1) is 51.0. The number of Topliss-reactive ketones (excluding diaryl/α,β-unsaturated/α-hetero) is 2. The highest BCUT2D eigenvalue weighted by Gasteiger charge is 2.25. The van der Waals surface area contributed by atoms with Crippen LogP contribution in [0.15, 0.2) is 163 Å². The van der Waals surface area contributed by atoms with E-state index < -0.39 is 8.38 Å². The molecule has 0 aromatic heterocycles. The van der Waals surface area contributed by atoms with Gasteiger partial charge in [-0.2, -0.15) is 0 Å². The molecule has 5 aromatic carbocycles. The molecule has 0 spiro atoms. The van der Waals surface area contributed by atoms with Crippen LogP contribution >= 0.6 is 8.38 Å². The zero-order valence-electron chi connectivity index (χ0n) is 41.0. The molecule has 1 unspecified atom stereocenters. The van der Waals surface area contributed by atoms with E-state index in [0.29, 0.717) is 24.3 Å². The molecule has 0 aliphatic heterocycles. The van der Waals surface area contributed by atoms with E-state index in [1.54, 1.807) is 12.1 Å². The van der Waals surface area contributed by atoms with Crippen LogP contribution in [0.1, 0.15) is 124 Å². The molecule has 0 saturated carbocycles. The van der Waals surface area contributed by atoms with Crippen LogP contribution in [0.4, 0.5) is 0 Å². The van der Waals surface area contributed by atoms with Crippen molar-refractivity contribution in [2.75, 3.05) is 19.9 Å². The van der Waals surface area contributed by atoms with Gasteiger partial charge in [0.2, 0.25) is 0 Å². The Morgan fingerprint density at radius 3 is 1.65 bits per heavy atom. The first-order valence-corrected chi connectivity index (χ1v) is 24.4. The third-order valence-electron chi connectivity index (χ3n) is 11.1. The van der Waals surface area contributed by atoms with Gasteiger partial charge in [0, 0.05) is 35.3 Å². The minimum Gasteiger partial charge on any atom is -0.489 e. The van der Waals surface area contributed by atoms with E-state index in [1.807, 2.05) is 91.6 Å². The van der Waals surface area contributed by atoms with Crippen molar-refractivity contribution in [2.45, 2.75) is 105 Å². The second-order valence-electron chi connectivity index (χ2n) is 19.8. The molecule has 6 nitrogen and oxygen atoms in total. The molecular formula is C59H69O6P. The molecule has 0 saturated heterocycles. The highest BCUT2D eigenvalue weighted by Crippen LogP contribution is 2.45. The predicted octanol–water partition coefficient (Wildman–Crippen LogP) is 15.4. The highest BCUT2D eigenvalue weighted by atomic mass is 31.2. The van der Waals surface area contributed by atoms with E-state index in [1.165, 1.54) is 16.7 Å². The van der Waals surface area contributed by atoms with Gasteiger partial charge in [-0.3, -0.25) is 9.59 Å². The number of aryl methyl sites for hydroxylation is 2. The van der Waals surface area contributed by atoms with E-state index in [9.17, 15) is 9.59 Å². The molecule has 0 bridgehead atoms. The predicted molar refractivity (Wildman–Crippen MR) is 275 cm³/mol. The summed E-state index contributed by atoms with van der Waals surface area (Å²) in [5.41, 5.74) is 9.09. The van der Waals surface area contributed by atoms with Gasteiger partial charge in [-0.1, -0.05) is 178 Å². The average molecular weight is 905 g/mol. The van der Waals surface area contributed by atoms with Crippen LogP contribution < -0.4 is 18.5 Å². The third kappa shape index (κ3) is 15.3. The lowest BCUT2D eigenvalue weighted by atomic mass is 9.83. The van der Waals surface area contributed by atoms with Crippen molar-refractivity contribution >= 4 is 19.9 Å². The SMILES string of the molecule is C=C(COc1ccc(OP(C)Oc2ccc(OCC(=O)c3ccccc3)cc2C(C)(C)C)c(C(C)(C)C)c1)C1=CC=CCC=C1.Cc1ccc(CCC(=O)c2ccccc2)cc1C(C)(C)C. The normalized spacial score (nSPS) is 13.0. The Morgan fingerprint density at radius 1 is 0.606 bits per heavy atom. The van der Waals surface area contributed by atoms with Crippen LogP contribution in [-0.4, -0.2) is 31.4 Å². The van der Waals surface area contributed by atoms with Crippen molar-refractivity contribution in [1.82, 2.24) is 0 Å². The Bertz CT molecular complexity index is 2530. The first-order valence-electron chi connectivity index (χ1n) is 22.8. The molecule has 0 radical (unpaired) electrons. The van der Waals surface area contributed by atoms with Gasteiger partial charge >= 0.3 is 0 Å². The monoisotopic (exact) mass is 904 g/mol. The van der Waals surface area contributed by atoms with Crippen LogP contribution in [0.3, 0.4) is 0 Å². The zero-order chi connectivity index (χ0) is 48.1. The molecule has 0 amide bonds. The number of hydrogen-bond donors (Lipinski definition) is 0. The smallest absolute Gasteiger partial charge is 0.286 e. The fourth-order valence-corrected chi connectivity index (χ4v) is 8.32. The number of carbonyl (C=O) groups excluding carboxylic acids is 2. The number of allylic oxidation sites excluding steroid dienone is 5. The summed E-state index contributed by atoms with van der Waals surface area (Å²) in [6.45, 7) is 28.2. The Hall–Kier alpha value is -5.97. The molecule has 1 atom stereocenters. The maximum atomic E-state index is 12.6. The summed E-state index contributed by atoms with van der Waals surface area (Å²) in [5, 5.41) is 0. The summed E-state index contributed by atoms with van der Waals surface area (Å²) in [6, 6.07) is 36.9. The Labute approximate surface area is 396 Å². The average Bonchev–Trinajstić information content (AvgIpc) is 3.57. The van der Waals surface area contributed by atoms with Gasteiger partial charge in [-0.25, -0.2) is 0 Å². The van der Waals surface area contributed by atoms with Crippen molar-refractivity contribution in [3.63, 3.8) is 0 Å². The van der Waals surface area contributed by atoms with Gasteiger partial charge in [0.1, 0.15) is 29.6 Å². The molecule has 7 heteroatoms. The summed E-state index contributed by atoms with van der Waals surface area (Å²) in [6.07, 6.45) is 12.7. The van der Waals surface area contributed by atoms with Crippen LogP contribution in [0.2, 0.25) is 0 Å². The second-order valence-corrected chi connectivity index (χ2v) is 21.0. The van der Waals surface area contributed by atoms with Gasteiger partial charge in [-0.05, 0) is 100 Å².